The van der Waals surface area contributed by atoms with Crippen LogP contribution < -0.4 is 10.2 Å². The minimum absolute atomic E-state index is 0.0362. The van der Waals surface area contributed by atoms with Gasteiger partial charge in [0.05, 0.1) is 10.7 Å². The van der Waals surface area contributed by atoms with Crippen molar-refractivity contribution in [2.75, 3.05) is 37.7 Å². The molecule has 1 atom stereocenters. The normalized spacial score (nSPS) is 16.5. The number of halogens is 1. The van der Waals surface area contributed by atoms with Gasteiger partial charge in [-0.25, -0.2) is 4.79 Å². The summed E-state index contributed by atoms with van der Waals surface area (Å²) in [6, 6.07) is 1.94. The van der Waals surface area contributed by atoms with Crippen LogP contribution in [0.15, 0.2) is 18.5 Å². The predicted molar refractivity (Wildman–Crippen MR) is 87.3 cm³/mol. The van der Waals surface area contributed by atoms with Gasteiger partial charge in [0.25, 0.3) is 0 Å². The molecule has 0 saturated carbocycles. The Morgan fingerprint density at radius 2 is 2.18 bits per heavy atom. The molecule has 1 unspecified atom stereocenters. The van der Waals surface area contributed by atoms with E-state index in [-0.39, 0.29) is 18.7 Å². The van der Waals surface area contributed by atoms with Crippen LogP contribution in [-0.2, 0) is 0 Å². The number of carbonyl (C=O) groups excluding carboxylic acids is 1. The van der Waals surface area contributed by atoms with Crippen molar-refractivity contribution < 1.29 is 9.90 Å². The summed E-state index contributed by atoms with van der Waals surface area (Å²) in [7, 11) is 0. The Balaban J connectivity index is 1.82. The van der Waals surface area contributed by atoms with Gasteiger partial charge in [-0.15, -0.1) is 0 Å². The first-order valence-electron chi connectivity index (χ1n) is 7.62. The Morgan fingerprint density at radius 3 is 2.82 bits per heavy atom. The summed E-state index contributed by atoms with van der Waals surface area (Å²) in [5, 5.41) is 12.4. The fourth-order valence-electron chi connectivity index (χ4n) is 2.55. The van der Waals surface area contributed by atoms with Crippen LogP contribution in [0, 0.1) is 0 Å². The van der Waals surface area contributed by atoms with Gasteiger partial charge in [-0.3, -0.25) is 4.98 Å². The number of hydrogen-bond donors (Lipinski definition) is 2. The molecule has 0 aromatic carbocycles. The minimum Gasteiger partial charge on any atom is -0.396 e. The maximum Gasteiger partial charge on any atom is 0.317 e. The number of piperazine rings is 1. The van der Waals surface area contributed by atoms with E-state index in [1.807, 2.05) is 17.9 Å². The Bertz CT molecular complexity index is 492. The summed E-state index contributed by atoms with van der Waals surface area (Å²) >= 11 is 6.16. The maximum absolute atomic E-state index is 12.2. The van der Waals surface area contributed by atoms with E-state index >= 15 is 0 Å². The van der Waals surface area contributed by atoms with Crippen LogP contribution >= 0.6 is 11.6 Å². The second kappa shape index (κ2) is 8.19. The van der Waals surface area contributed by atoms with Crippen LogP contribution in [0.25, 0.3) is 0 Å². The van der Waals surface area contributed by atoms with Crippen molar-refractivity contribution in [3.8, 4) is 0 Å². The molecule has 0 spiro atoms. The van der Waals surface area contributed by atoms with Crippen LogP contribution in [0.5, 0.6) is 0 Å². The van der Waals surface area contributed by atoms with E-state index in [4.69, 9.17) is 16.7 Å². The van der Waals surface area contributed by atoms with E-state index < -0.39 is 0 Å². The van der Waals surface area contributed by atoms with Crippen molar-refractivity contribution in [3.63, 3.8) is 0 Å². The first-order chi connectivity index (χ1) is 10.6. The van der Waals surface area contributed by atoms with Crippen LogP contribution in [0.1, 0.15) is 19.8 Å². The largest absolute Gasteiger partial charge is 0.396 e. The number of carbonyl (C=O) groups is 1. The topological polar surface area (TPSA) is 68.7 Å². The number of anilines is 1. The smallest absolute Gasteiger partial charge is 0.317 e. The van der Waals surface area contributed by atoms with Gasteiger partial charge in [-0.1, -0.05) is 11.6 Å². The summed E-state index contributed by atoms with van der Waals surface area (Å²) in [5.41, 5.74) is 0.966. The number of amides is 2. The Labute approximate surface area is 136 Å². The van der Waals surface area contributed by atoms with Crippen molar-refractivity contribution in [2.24, 2.45) is 0 Å². The van der Waals surface area contributed by atoms with E-state index in [2.05, 4.69) is 15.2 Å². The molecule has 22 heavy (non-hydrogen) atoms. The molecule has 2 heterocycles. The molecule has 2 N–H and O–H groups in total. The molecule has 1 fully saturated rings. The fourth-order valence-corrected chi connectivity index (χ4v) is 2.79. The summed E-state index contributed by atoms with van der Waals surface area (Å²) in [5.74, 6) is 0. The van der Waals surface area contributed by atoms with E-state index in [1.54, 1.807) is 12.4 Å². The van der Waals surface area contributed by atoms with E-state index in [1.165, 1.54) is 0 Å². The zero-order valence-electron chi connectivity index (χ0n) is 12.8. The number of aliphatic hydroxyl groups excluding tert-OH is 1. The Kier molecular flexibility index (Phi) is 6.27. The molecule has 1 saturated heterocycles. The third-order valence-electron chi connectivity index (χ3n) is 3.82. The first-order valence-corrected chi connectivity index (χ1v) is 8.00. The van der Waals surface area contributed by atoms with Gasteiger partial charge in [0.15, 0.2) is 0 Å². The lowest BCUT2D eigenvalue weighted by atomic mass is 10.2. The summed E-state index contributed by atoms with van der Waals surface area (Å²) < 4.78 is 0. The molecule has 2 rings (SSSR count). The van der Waals surface area contributed by atoms with Crippen molar-refractivity contribution in [1.29, 1.82) is 0 Å². The predicted octanol–water partition coefficient (Wildman–Crippen LogP) is 1.73. The van der Waals surface area contributed by atoms with Gasteiger partial charge in [0.1, 0.15) is 0 Å². The van der Waals surface area contributed by atoms with Crippen LogP contribution in [-0.4, -0.2) is 59.8 Å². The van der Waals surface area contributed by atoms with Gasteiger partial charge in [-0.2, -0.15) is 0 Å². The van der Waals surface area contributed by atoms with E-state index in [0.717, 1.165) is 25.2 Å². The molecule has 0 aliphatic carbocycles. The zero-order chi connectivity index (χ0) is 15.9. The molecule has 7 heteroatoms. The fraction of sp³-hybridized carbons (Fsp3) is 0.600. The number of rotatable bonds is 5. The lowest BCUT2D eigenvalue weighted by molar-refractivity contribution is 0.189. The highest BCUT2D eigenvalue weighted by Crippen LogP contribution is 2.25. The molecule has 6 nitrogen and oxygen atoms in total. The summed E-state index contributed by atoms with van der Waals surface area (Å²) in [6.07, 6.45) is 4.85. The Morgan fingerprint density at radius 1 is 1.45 bits per heavy atom. The molecule has 1 aliphatic rings. The maximum atomic E-state index is 12.2. The van der Waals surface area contributed by atoms with E-state index in [9.17, 15) is 4.79 Å². The number of aliphatic hydroxyl groups is 1. The third kappa shape index (κ3) is 4.48. The molecule has 0 radical (unpaired) electrons. The Hall–Kier alpha value is -1.53. The molecular weight excluding hydrogens is 304 g/mol. The first kappa shape index (κ1) is 16.8. The molecule has 2 amide bonds. The summed E-state index contributed by atoms with van der Waals surface area (Å²) in [6.45, 7) is 4.95. The molecule has 122 valence electrons. The van der Waals surface area contributed by atoms with Crippen molar-refractivity contribution >= 4 is 23.3 Å². The highest BCUT2D eigenvalue weighted by atomic mass is 35.5. The van der Waals surface area contributed by atoms with E-state index in [0.29, 0.717) is 24.5 Å². The summed E-state index contributed by atoms with van der Waals surface area (Å²) in [4.78, 5) is 20.2. The van der Waals surface area contributed by atoms with Crippen molar-refractivity contribution in [1.82, 2.24) is 15.2 Å². The molecule has 0 bridgehead atoms. The van der Waals surface area contributed by atoms with Gasteiger partial charge in [0, 0.05) is 51.2 Å². The van der Waals surface area contributed by atoms with Crippen LogP contribution in [0.3, 0.4) is 0 Å². The molecule has 1 aliphatic heterocycles. The van der Waals surface area contributed by atoms with Crippen molar-refractivity contribution in [2.45, 2.75) is 25.8 Å². The number of nitrogens with zero attached hydrogens (tertiary/aromatic N) is 3. The van der Waals surface area contributed by atoms with Gasteiger partial charge in [0.2, 0.25) is 0 Å². The minimum atomic E-state index is -0.0362. The number of urea groups is 1. The number of aromatic nitrogens is 1. The quantitative estimate of drug-likeness (QED) is 0.864. The third-order valence-corrected chi connectivity index (χ3v) is 4.11. The van der Waals surface area contributed by atoms with Crippen molar-refractivity contribution in [3.05, 3.63) is 23.5 Å². The SMILES string of the molecule is CC(CCCO)NC(=O)N1CCN(c2ccncc2Cl)CC1. The molecular formula is C15H23ClN4O2. The zero-order valence-corrected chi connectivity index (χ0v) is 13.6. The van der Waals surface area contributed by atoms with Crippen LogP contribution in [0.4, 0.5) is 10.5 Å². The monoisotopic (exact) mass is 326 g/mol. The average molecular weight is 327 g/mol. The second-order valence-corrected chi connectivity index (χ2v) is 5.92. The average Bonchev–Trinajstić information content (AvgIpc) is 2.53. The highest BCUT2D eigenvalue weighted by Gasteiger charge is 2.23. The highest BCUT2D eigenvalue weighted by molar-refractivity contribution is 6.33. The standard InChI is InChI=1S/C15H23ClN4O2/c1-12(3-2-10-21)18-15(22)20-8-6-19(7-9-20)14-4-5-17-11-13(14)16/h4-5,11-12,21H,2-3,6-10H2,1H3,(H,18,22). The van der Waals surface area contributed by atoms with Gasteiger partial charge in [-0.05, 0) is 25.8 Å². The molecule has 1 aromatic rings. The van der Waals surface area contributed by atoms with Gasteiger partial charge >= 0.3 is 6.03 Å². The van der Waals surface area contributed by atoms with Crippen LogP contribution in [0.2, 0.25) is 5.02 Å². The number of pyridine rings is 1. The van der Waals surface area contributed by atoms with Gasteiger partial charge < -0.3 is 20.2 Å². The number of nitrogens with one attached hydrogen (secondary N) is 1. The lowest BCUT2D eigenvalue weighted by Gasteiger charge is -2.36. The molecule has 1 aromatic heterocycles. The number of hydrogen-bond acceptors (Lipinski definition) is 4. The second-order valence-electron chi connectivity index (χ2n) is 5.52. The lowest BCUT2D eigenvalue weighted by Crippen LogP contribution is -2.53.